The Morgan fingerprint density at radius 1 is 1.03 bits per heavy atom. The number of nitrogens with one attached hydrogen (secondary N) is 1. The van der Waals surface area contributed by atoms with Gasteiger partial charge in [-0.05, 0) is 24.5 Å². The zero-order valence-electron chi connectivity index (χ0n) is 15.6. The molecular weight excluding hydrogens is 366 g/mol. The van der Waals surface area contributed by atoms with E-state index in [0.29, 0.717) is 12.2 Å². The van der Waals surface area contributed by atoms with Gasteiger partial charge in [0.25, 0.3) is 0 Å². The second kappa shape index (κ2) is 8.39. The summed E-state index contributed by atoms with van der Waals surface area (Å²) < 4.78 is 5.92. The summed E-state index contributed by atoms with van der Waals surface area (Å²) in [5, 5.41) is 16.4. The predicted molar refractivity (Wildman–Crippen MR) is 109 cm³/mol. The van der Waals surface area contributed by atoms with Crippen LogP contribution in [0.15, 0.2) is 83.6 Å². The highest BCUT2D eigenvalue weighted by Gasteiger charge is 2.19. The normalized spacial score (nSPS) is 11.5. The van der Waals surface area contributed by atoms with E-state index in [9.17, 15) is 9.90 Å². The number of ketones is 1. The number of allylic oxidation sites excluding steroid dienone is 1. The van der Waals surface area contributed by atoms with Gasteiger partial charge in [-0.3, -0.25) is 9.89 Å². The topological polar surface area (TPSA) is 92.0 Å². The van der Waals surface area contributed by atoms with Crippen LogP contribution in [-0.2, 0) is 12.8 Å². The third kappa shape index (κ3) is 4.32. The molecule has 0 atom stereocenters. The lowest BCUT2D eigenvalue weighted by Gasteiger charge is -2.01. The molecule has 0 bridgehead atoms. The molecule has 0 spiro atoms. The lowest BCUT2D eigenvalue weighted by molar-refractivity contribution is 0.102. The van der Waals surface area contributed by atoms with Gasteiger partial charge in [-0.1, -0.05) is 60.7 Å². The molecule has 2 N–H and O–H groups in total. The molecule has 0 unspecified atom stereocenters. The van der Waals surface area contributed by atoms with Crippen molar-refractivity contribution in [1.82, 2.24) is 15.2 Å². The van der Waals surface area contributed by atoms with Crippen LogP contribution in [0, 0.1) is 0 Å². The number of aromatic amines is 1. The minimum atomic E-state index is -0.433. The molecule has 0 fully saturated rings. The summed E-state index contributed by atoms with van der Waals surface area (Å²) in [6, 6.07) is 21.5. The molecule has 2 heterocycles. The summed E-state index contributed by atoms with van der Waals surface area (Å²) in [6.45, 7) is 0. The van der Waals surface area contributed by atoms with Crippen molar-refractivity contribution in [2.75, 3.05) is 0 Å². The van der Waals surface area contributed by atoms with Gasteiger partial charge in [-0.25, -0.2) is 4.98 Å². The Bertz CT molecular complexity index is 1110. The Kier molecular flexibility index (Phi) is 5.33. The van der Waals surface area contributed by atoms with Crippen LogP contribution in [-0.4, -0.2) is 26.1 Å². The molecule has 0 saturated carbocycles. The highest BCUT2D eigenvalue weighted by molar-refractivity contribution is 6.07. The maximum absolute atomic E-state index is 12.8. The molecule has 6 nitrogen and oxygen atoms in total. The van der Waals surface area contributed by atoms with E-state index in [1.807, 2.05) is 54.6 Å². The van der Waals surface area contributed by atoms with Gasteiger partial charge in [-0.15, -0.1) is 0 Å². The number of nitrogens with zero attached hydrogens (tertiary/aromatic N) is 2. The van der Waals surface area contributed by atoms with Crippen molar-refractivity contribution in [3.8, 4) is 11.3 Å². The molecule has 0 aliphatic rings. The number of benzene rings is 2. The molecule has 2 aromatic carbocycles. The van der Waals surface area contributed by atoms with Crippen LogP contribution in [0.2, 0.25) is 0 Å². The van der Waals surface area contributed by atoms with Gasteiger partial charge >= 0.3 is 0 Å². The average molecular weight is 385 g/mol. The van der Waals surface area contributed by atoms with E-state index in [2.05, 4.69) is 27.3 Å². The Labute approximate surface area is 167 Å². The van der Waals surface area contributed by atoms with Gasteiger partial charge in [0.1, 0.15) is 12.1 Å². The van der Waals surface area contributed by atoms with Crippen molar-refractivity contribution in [2.45, 2.75) is 12.8 Å². The van der Waals surface area contributed by atoms with Gasteiger partial charge in [0, 0.05) is 17.2 Å². The van der Waals surface area contributed by atoms with Crippen LogP contribution < -0.4 is 0 Å². The molecule has 0 amide bonds. The summed E-state index contributed by atoms with van der Waals surface area (Å²) in [5.74, 6) is 0.129. The van der Waals surface area contributed by atoms with Crippen LogP contribution in [0.5, 0.6) is 0 Å². The maximum atomic E-state index is 12.8. The van der Waals surface area contributed by atoms with Crippen LogP contribution in [0.25, 0.3) is 17.1 Å². The predicted octanol–water partition coefficient (Wildman–Crippen LogP) is 4.63. The number of aliphatic hydroxyl groups is 1. The largest absolute Gasteiger partial charge is 0.504 e. The molecule has 144 valence electrons. The Balaban J connectivity index is 1.65. The average Bonchev–Trinajstić information content (AvgIpc) is 3.44. The number of H-pyrrole nitrogens is 1. The zero-order chi connectivity index (χ0) is 20.1. The van der Waals surface area contributed by atoms with Crippen LogP contribution in [0.1, 0.15) is 27.5 Å². The van der Waals surface area contributed by atoms with Crippen LogP contribution in [0.4, 0.5) is 0 Å². The zero-order valence-corrected chi connectivity index (χ0v) is 15.6. The molecule has 4 aromatic rings. The molecule has 4 rings (SSSR count). The number of aromatic nitrogens is 3. The second-order valence-corrected chi connectivity index (χ2v) is 6.53. The van der Waals surface area contributed by atoms with Crippen molar-refractivity contribution in [3.63, 3.8) is 0 Å². The first-order chi connectivity index (χ1) is 14.2. The van der Waals surface area contributed by atoms with E-state index >= 15 is 0 Å². The van der Waals surface area contributed by atoms with Crippen molar-refractivity contribution in [2.24, 2.45) is 0 Å². The minimum Gasteiger partial charge on any atom is -0.504 e. The summed E-state index contributed by atoms with van der Waals surface area (Å²) >= 11 is 0. The fourth-order valence-electron chi connectivity index (χ4n) is 3.08. The van der Waals surface area contributed by atoms with Crippen molar-refractivity contribution in [1.29, 1.82) is 0 Å². The summed E-state index contributed by atoms with van der Waals surface area (Å²) in [7, 11) is 0. The molecule has 0 radical (unpaired) electrons. The second-order valence-electron chi connectivity index (χ2n) is 6.53. The van der Waals surface area contributed by atoms with Gasteiger partial charge in [0.2, 0.25) is 11.6 Å². The Morgan fingerprint density at radius 3 is 2.45 bits per heavy atom. The van der Waals surface area contributed by atoms with Gasteiger partial charge in [0.15, 0.2) is 11.5 Å². The fourth-order valence-corrected chi connectivity index (χ4v) is 3.08. The number of aliphatic hydroxyl groups excluding tert-OH is 1. The first kappa shape index (κ1) is 18.4. The number of carbonyl (C=O) groups is 1. The summed E-state index contributed by atoms with van der Waals surface area (Å²) in [6.07, 6.45) is 3.82. The monoisotopic (exact) mass is 385 g/mol. The highest BCUT2D eigenvalue weighted by Crippen LogP contribution is 2.27. The highest BCUT2D eigenvalue weighted by atomic mass is 16.3. The Morgan fingerprint density at radius 2 is 1.76 bits per heavy atom. The number of rotatable bonds is 7. The SMILES string of the molecule is O=C(C=C(O)c1nc[nH]n1)c1oc(-c2ccccc2)cc1CCc1ccccc1. The van der Waals surface area contributed by atoms with Gasteiger partial charge in [0.05, 0.1) is 0 Å². The molecule has 29 heavy (non-hydrogen) atoms. The molecular formula is C23H19N3O3. The van der Waals surface area contributed by atoms with E-state index in [-0.39, 0.29) is 17.3 Å². The van der Waals surface area contributed by atoms with E-state index in [1.165, 1.54) is 11.9 Å². The van der Waals surface area contributed by atoms with E-state index < -0.39 is 5.78 Å². The molecule has 0 aliphatic carbocycles. The fraction of sp³-hybridized carbons (Fsp3) is 0.0870. The maximum Gasteiger partial charge on any atom is 0.225 e. The standard InChI is InChI=1S/C23H19N3O3/c27-19(14-20(28)23-24-15-25-26-23)22-18(12-11-16-7-3-1-4-8-16)13-21(29-22)17-9-5-2-6-10-17/h1-10,13-15,28H,11-12H2,(H,24,25,26). The van der Waals surface area contributed by atoms with Crippen molar-refractivity contribution in [3.05, 3.63) is 102 Å². The first-order valence-corrected chi connectivity index (χ1v) is 9.24. The molecule has 6 heteroatoms. The van der Waals surface area contributed by atoms with Crippen molar-refractivity contribution >= 4 is 11.5 Å². The van der Waals surface area contributed by atoms with E-state index in [1.54, 1.807) is 0 Å². The van der Waals surface area contributed by atoms with E-state index in [4.69, 9.17) is 4.42 Å². The van der Waals surface area contributed by atoms with Gasteiger partial charge < -0.3 is 9.52 Å². The smallest absolute Gasteiger partial charge is 0.225 e. The van der Waals surface area contributed by atoms with Crippen LogP contribution in [0.3, 0.4) is 0 Å². The molecule has 0 saturated heterocycles. The number of aryl methyl sites for hydroxylation is 2. The van der Waals surface area contributed by atoms with Crippen LogP contribution >= 0.6 is 0 Å². The third-order valence-corrected chi connectivity index (χ3v) is 4.53. The molecule has 2 aromatic heterocycles. The Hall–Kier alpha value is -3.93. The number of carbonyl (C=O) groups excluding carboxylic acids is 1. The third-order valence-electron chi connectivity index (χ3n) is 4.53. The first-order valence-electron chi connectivity index (χ1n) is 9.24. The van der Waals surface area contributed by atoms with Crippen molar-refractivity contribution < 1.29 is 14.3 Å². The molecule has 0 aliphatic heterocycles. The summed E-state index contributed by atoms with van der Waals surface area (Å²) in [4.78, 5) is 16.7. The number of hydrogen-bond acceptors (Lipinski definition) is 5. The van der Waals surface area contributed by atoms with E-state index in [0.717, 1.165) is 23.6 Å². The lowest BCUT2D eigenvalue weighted by Crippen LogP contribution is -2.01. The lowest BCUT2D eigenvalue weighted by atomic mass is 10.0. The summed E-state index contributed by atoms with van der Waals surface area (Å²) in [5.41, 5.74) is 2.85. The van der Waals surface area contributed by atoms with Gasteiger partial charge in [-0.2, -0.15) is 5.10 Å². The number of furan rings is 1. The minimum absolute atomic E-state index is 0.0547. The quantitative estimate of drug-likeness (QED) is 0.275. The number of hydrogen-bond donors (Lipinski definition) is 2.